The molecular formula is C16H18OS. The van der Waals surface area contributed by atoms with E-state index in [1.165, 1.54) is 16.0 Å². The van der Waals surface area contributed by atoms with Crippen LogP contribution in [0.5, 0.6) is 0 Å². The maximum atomic E-state index is 10.1. The highest BCUT2D eigenvalue weighted by Crippen LogP contribution is 2.27. The maximum absolute atomic E-state index is 10.1. The van der Waals surface area contributed by atoms with E-state index in [0.29, 0.717) is 5.75 Å². The molecule has 2 rings (SSSR count). The van der Waals surface area contributed by atoms with E-state index in [-0.39, 0.29) is 0 Å². The lowest BCUT2D eigenvalue weighted by Crippen LogP contribution is -2.00. The van der Waals surface area contributed by atoms with Gasteiger partial charge in [-0.15, -0.1) is 11.8 Å². The number of aliphatic hydroxyl groups is 1. The molecule has 0 aromatic heterocycles. The van der Waals surface area contributed by atoms with Crippen molar-refractivity contribution < 1.29 is 5.11 Å². The summed E-state index contributed by atoms with van der Waals surface area (Å²) in [5.41, 5.74) is 3.51. The summed E-state index contributed by atoms with van der Waals surface area (Å²) in [5.74, 6) is 0.689. The molecule has 0 bridgehead atoms. The lowest BCUT2D eigenvalue weighted by Gasteiger charge is -2.12. The highest BCUT2D eigenvalue weighted by atomic mass is 32.2. The zero-order chi connectivity index (χ0) is 13.0. The van der Waals surface area contributed by atoms with Crippen molar-refractivity contribution in [2.75, 3.05) is 5.75 Å². The molecule has 0 amide bonds. The Morgan fingerprint density at radius 3 is 2.50 bits per heavy atom. The predicted molar refractivity (Wildman–Crippen MR) is 78.0 cm³/mol. The molecule has 0 radical (unpaired) electrons. The average molecular weight is 258 g/mol. The monoisotopic (exact) mass is 258 g/mol. The highest BCUT2D eigenvalue weighted by Gasteiger charge is 2.08. The Morgan fingerprint density at radius 2 is 1.78 bits per heavy atom. The Bertz CT molecular complexity index is 508. The van der Waals surface area contributed by atoms with E-state index in [1.807, 2.05) is 30.3 Å². The smallest absolute Gasteiger partial charge is 0.0883 e. The van der Waals surface area contributed by atoms with Crippen molar-refractivity contribution in [1.29, 1.82) is 0 Å². The fraction of sp³-hybridized carbons (Fsp3) is 0.250. The summed E-state index contributed by atoms with van der Waals surface area (Å²) in [5, 5.41) is 10.1. The Kier molecular flexibility index (Phi) is 4.45. The van der Waals surface area contributed by atoms with E-state index < -0.39 is 6.10 Å². The molecular weight excluding hydrogens is 240 g/mol. The summed E-state index contributed by atoms with van der Waals surface area (Å²) in [6.45, 7) is 4.20. The Hall–Kier alpha value is -1.25. The predicted octanol–water partition coefficient (Wildman–Crippen LogP) is 4.13. The third-order valence-electron chi connectivity index (χ3n) is 2.92. The van der Waals surface area contributed by atoms with Crippen molar-refractivity contribution in [3.63, 3.8) is 0 Å². The highest BCUT2D eigenvalue weighted by molar-refractivity contribution is 7.99. The summed E-state index contributed by atoms with van der Waals surface area (Å²) in [6.07, 6.45) is -0.406. The Balaban J connectivity index is 2.01. The molecule has 94 valence electrons. The third-order valence-corrected chi connectivity index (χ3v) is 4.16. The molecule has 2 aromatic rings. The normalized spacial score (nSPS) is 12.4. The Morgan fingerprint density at radius 1 is 1.06 bits per heavy atom. The van der Waals surface area contributed by atoms with Crippen molar-refractivity contribution in [3.8, 4) is 0 Å². The number of hydrogen-bond donors (Lipinski definition) is 1. The van der Waals surface area contributed by atoms with E-state index in [1.54, 1.807) is 11.8 Å². The maximum Gasteiger partial charge on any atom is 0.0883 e. The molecule has 1 nitrogen and oxygen atoms in total. The number of aliphatic hydroxyl groups excluding tert-OH is 1. The molecule has 0 aliphatic rings. The molecule has 0 saturated heterocycles. The van der Waals surface area contributed by atoms with Gasteiger partial charge in [0.05, 0.1) is 6.10 Å². The quantitative estimate of drug-likeness (QED) is 0.832. The van der Waals surface area contributed by atoms with Crippen molar-refractivity contribution in [1.82, 2.24) is 0 Å². The molecule has 0 saturated carbocycles. The molecule has 0 heterocycles. The van der Waals surface area contributed by atoms with Gasteiger partial charge in [-0.25, -0.2) is 0 Å². The average Bonchev–Trinajstić information content (AvgIpc) is 2.40. The van der Waals surface area contributed by atoms with E-state index in [0.717, 1.165) is 5.56 Å². The first-order chi connectivity index (χ1) is 8.66. The standard InChI is InChI=1S/C16H18OS/c1-12-8-9-13(2)16(10-12)18-11-15(17)14-6-4-3-5-7-14/h3-10,15,17H,11H2,1-2H3. The minimum Gasteiger partial charge on any atom is -0.388 e. The summed E-state index contributed by atoms with van der Waals surface area (Å²) in [7, 11) is 0. The van der Waals surface area contributed by atoms with Gasteiger partial charge in [0.25, 0.3) is 0 Å². The zero-order valence-corrected chi connectivity index (χ0v) is 11.6. The van der Waals surface area contributed by atoms with Gasteiger partial charge in [0, 0.05) is 10.6 Å². The summed E-state index contributed by atoms with van der Waals surface area (Å²) in [6, 6.07) is 16.2. The molecule has 2 heteroatoms. The summed E-state index contributed by atoms with van der Waals surface area (Å²) in [4.78, 5) is 1.25. The zero-order valence-electron chi connectivity index (χ0n) is 10.8. The lowest BCUT2D eigenvalue weighted by molar-refractivity contribution is 0.204. The molecule has 0 fully saturated rings. The van der Waals surface area contributed by atoms with Crippen LogP contribution in [0.25, 0.3) is 0 Å². The van der Waals surface area contributed by atoms with Gasteiger partial charge >= 0.3 is 0 Å². The molecule has 0 aliphatic carbocycles. The van der Waals surface area contributed by atoms with Crippen LogP contribution in [0.3, 0.4) is 0 Å². The summed E-state index contributed by atoms with van der Waals surface area (Å²) >= 11 is 1.71. The van der Waals surface area contributed by atoms with Crippen LogP contribution in [-0.4, -0.2) is 10.9 Å². The van der Waals surface area contributed by atoms with Gasteiger partial charge in [0.1, 0.15) is 0 Å². The van der Waals surface area contributed by atoms with Crippen LogP contribution in [0.1, 0.15) is 22.8 Å². The molecule has 1 atom stereocenters. The van der Waals surface area contributed by atoms with Gasteiger partial charge in [-0.1, -0.05) is 48.0 Å². The van der Waals surface area contributed by atoms with Crippen molar-refractivity contribution in [3.05, 3.63) is 65.2 Å². The van der Waals surface area contributed by atoms with Crippen LogP contribution in [0, 0.1) is 13.8 Å². The van der Waals surface area contributed by atoms with Crippen LogP contribution < -0.4 is 0 Å². The second kappa shape index (κ2) is 6.07. The van der Waals surface area contributed by atoms with Gasteiger partial charge in [0.15, 0.2) is 0 Å². The molecule has 2 aromatic carbocycles. The SMILES string of the molecule is Cc1ccc(C)c(SCC(O)c2ccccc2)c1. The van der Waals surface area contributed by atoms with E-state index in [4.69, 9.17) is 0 Å². The molecule has 1 unspecified atom stereocenters. The minimum absolute atomic E-state index is 0.406. The van der Waals surface area contributed by atoms with Crippen molar-refractivity contribution in [2.24, 2.45) is 0 Å². The van der Waals surface area contributed by atoms with Crippen LogP contribution in [-0.2, 0) is 0 Å². The first kappa shape index (κ1) is 13.2. The number of rotatable bonds is 4. The second-order valence-corrected chi connectivity index (χ2v) is 5.57. The molecule has 1 N–H and O–H groups in total. The first-order valence-corrected chi connectivity index (χ1v) is 7.08. The number of aryl methyl sites for hydroxylation is 2. The Labute approximate surface area is 113 Å². The van der Waals surface area contributed by atoms with Crippen LogP contribution >= 0.6 is 11.8 Å². The minimum atomic E-state index is -0.406. The molecule has 0 spiro atoms. The van der Waals surface area contributed by atoms with Crippen molar-refractivity contribution >= 4 is 11.8 Å². The topological polar surface area (TPSA) is 20.2 Å². The van der Waals surface area contributed by atoms with Gasteiger partial charge in [-0.2, -0.15) is 0 Å². The van der Waals surface area contributed by atoms with Gasteiger partial charge < -0.3 is 5.11 Å². The third kappa shape index (κ3) is 3.37. The largest absolute Gasteiger partial charge is 0.388 e. The summed E-state index contributed by atoms with van der Waals surface area (Å²) < 4.78 is 0. The van der Waals surface area contributed by atoms with E-state index >= 15 is 0 Å². The molecule has 0 aliphatic heterocycles. The van der Waals surface area contributed by atoms with Crippen LogP contribution in [0.2, 0.25) is 0 Å². The number of hydrogen-bond acceptors (Lipinski definition) is 2. The van der Waals surface area contributed by atoms with Gasteiger partial charge in [-0.3, -0.25) is 0 Å². The van der Waals surface area contributed by atoms with Crippen molar-refractivity contribution in [2.45, 2.75) is 24.8 Å². The van der Waals surface area contributed by atoms with Gasteiger partial charge in [0.2, 0.25) is 0 Å². The molecule has 18 heavy (non-hydrogen) atoms. The second-order valence-electron chi connectivity index (χ2n) is 4.51. The van der Waals surface area contributed by atoms with Gasteiger partial charge in [-0.05, 0) is 31.0 Å². The number of benzene rings is 2. The lowest BCUT2D eigenvalue weighted by atomic mass is 10.1. The fourth-order valence-electron chi connectivity index (χ4n) is 1.80. The van der Waals surface area contributed by atoms with E-state index in [2.05, 4.69) is 32.0 Å². The fourth-order valence-corrected chi connectivity index (χ4v) is 2.90. The van der Waals surface area contributed by atoms with Crippen LogP contribution in [0.15, 0.2) is 53.4 Å². The van der Waals surface area contributed by atoms with E-state index in [9.17, 15) is 5.11 Å². The first-order valence-electron chi connectivity index (χ1n) is 6.10. The van der Waals surface area contributed by atoms with Crippen LogP contribution in [0.4, 0.5) is 0 Å². The number of thioether (sulfide) groups is 1.